The van der Waals surface area contributed by atoms with Gasteiger partial charge in [-0.2, -0.15) is 4.31 Å². The van der Waals surface area contributed by atoms with Gasteiger partial charge in [0.2, 0.25) is 15.9 Å². The number of amides is 1. The van der Waals surface area contributed by atoms with Crippen molar-refractivity contribution in [1.82, 2.24) is 14.5 Å². The molecule has 1 aromatic rings. The Morgan fingerprint density at radius 3 is 2.72 bits per heavy atom. The summed E-state index contributed by atoms with van der Waals surface area (Å²) in [5, 5.41) is 6.15. The molecule has 1 amide bonds. The second kappa shape index (κ2) is 12.1. The Bertz CT molecular complexity index is 758. The summed E-state index contributed by atoms with van der Waals surface area (Å²) >= 11 is 0. The molecule has 1 aromatic carbocycles. The van der Waals surface area contributed by atoms with E-state index in [-0.39, 0.29) is 35.6 Å². The average molecular weight is 467 g/mol. The van der Waals surface area contributed by atoms with Crippen LogP contribution in [0.15, 0.2) is 29.2 Å². The van der Waals surface area contributed by atoms with Crippen LogP contribution in [0.1, 0.15) is 25.7 Å². The summed E-state index contributed by atoms with van der Waals surface area (Å²) in [6.07, 6.45) is 3.26. The van der Waals surface area contributed by atoms with Crippen LogP contribution in [0.2, 0.25) is 0 Å². The highest BCUT2D eigenvalue weighted by Crippen LogP contribution is 2.21. The van der Waals surface area contributed by atoms with Gasteiger partial charge >= 0.3 is 0 Å². The molecule has 0 saturated carbocycles. The summed E-state index contributed by atoms with van der Waals surface area (Å²) in [6.45, 7) is 4.65. The summed E-state index contributed by atoms with van der Waals surface area (Å²) in [6, 6.07) is 6.60. The molecule has 1 atom stereocenters. The molecule has 2 aliphatic rings. The molecule has 0 radical (unpaired) electrons. The largest absolute Gasteiger partial charge is 0.326 e. The molecule has 7 nitrogen and oxygen atoms in total. The SMILES string of the molecule is CN1CCCN(S(=O)(=O)c2cccc(NC(=O)CCC3CCNC3)c2)CC1.Cl.Cl. The van der Waals surface area contributed by atoms with Crippen LogP contribution in [0.3, 0.4) is 0 Å². The average Bonchev–Trinajstić information content (AvgIpc) is 3.07. The van der Waals surface area contributed by atoms with Gasteiger partial charge in [0.05, 0.1) is 4.90 Å². The van der Waals surface area contributed by atoms with E-state index in [2.05, 4.69) is 15.5 Å². The number of anilines is 1. The van der Waals surface area contributed by atoms with Gasteiger partial charge in [-0.3, -0.25) is 4.79 Å². The number of hydrogen-bond acceptors (Lipinski definition) is 5. The molecule has 10 heteroatoms. The van der Waals surface area contributed by atoms with E-state index in [0.717, 1.165) is 45.4 Å². The van der Waals surface area contributed by atoms with Crippen LogP contribution >= 0.6 is 24.8 Å². The Morgan fingerprint density at radius 1 is 1.21 bits per heavy atom. The molecule has 2 heterocycles. The Balaban J connectivity index is 0.00000210. The van der Waals surface area contributed by atoms with Gasteiger partial charge in [-0.1, -0.05) is 6.07 Å². The molecule has 2 fully saturated rings. The Hall–Kier alpha value is -0.900. The molecular weight excluding hydrogens is 435 g/mol. The summed E-state index contributed by atoms with van der Waals surface area (Å²) in [4.78, 5) is 14.6. The van der Waals surface area contributed by atoms with E-state index in [0.29, 0.717) is 31.1 Å². The van der Waals surface area contributed by atoms with Crippen LogP contribution in [-0.4, -0.2) is 69.8 Å². The first kappa shape index (κ1) is 26.1. The first-order valence-corrected chi connectivity index (χ1v) is 11.2. The fourth-order valence-corrected chi connectivity index (χ4v) is 5.18. The lowest BCUT2D eigenvalue weighted by Gasteiger charge is -2.20. The standard InChI is InChI=1S/C19H30N4O3S.2ClH/c1-22-10-3-11-23(13-12-22)27(25,26)18-5-2-4-17(14-18)21-19(24)7-6-16-8-9-20-15-16;;/h2,4-5,14,16,20H,3,6-13,15H2,1H3,(H,21,24);2*1H. The van der Waals surface area contributed by atoms with Crippen molar-refractivity contribution in [3.8, 4) is 0 Å². The quantitative estimate of drug-likeness (QED) is 0.671. The first-order valence-electron chi connectivity index (χ1n) is 9.74. The molecular formula is C19H32Cl2N4O3S. The topological polar surface area (TPSA) is 81.8 Å². The van der Waals surface area contributed by atoms with Gasteiger partial charge in [-0.15, -0.1) is 24.8 Å². The number of nitrogens with zero attached hydrogens (tertiary/aromatic N) is 2. The smallest absolute Gasteiger partial charge is 0.243 e. The van der Waals surface area contributed by atoms with E-state index in [4.69, 9.17) is 0 Å². The predicted molar refractivity (Wildman–Crippen MR) is 121 cm³/mol. The number of rotatable bonds is 6. The Labute approximate surface area is 186 Å². The third-order valence-corrected chi connectivity index (χ3v) is 7.27. The van der Waals surface area contributed by atoms with E-state index in [1.54, 1.807) is 28.6 Å². The molecule has 0 bridgehead atoms. The van der Waals surface area contributed by atoms with E-state index in [9.17, 15) is 13.2 Å². The summed E-state index contributed by atoms with van der Waals surface area (Å²) in [5.74, 6) is 0.497. The second-order valence-electron chi connectivity index (χ2n) is 7.53. The number of carbonyl (C=O) groups is 1. The highest BCUT2D eigenvalue weighted by atomic mass is 35.5. The van der Waals surface area contributed by atoms with E-state index >= 15 is 0 Å². The lowest BCUT2D eigenvalue weighted by Crippen LogP contribution is -2.34. The lowest BCUT2D eigenvalue weighted by molar-refractivity contribution is -0.116. The number of benzene rings is 1. The molecule has 2 saturated heterocycles. The maximum Gasteiger partial charge on any atom is 0.243 e. The third-order valence-electron chi connectivity index (χ3n) is 5.38. The minimum Gasteiger partial charge on any atom is -0.326 e. The van der Waals surface area contributed by atoms with Crippen LogP contribution in [0, 0.1) is 5.92 Å². The zero-order chi connectivity index (χ0) is 19.3. The first-order chi connectivity index (χ1) is 12.9. The predicted octanol–water partition coefficient (Wildman–Crippen LogP) is 2.18. The minimum absolute atomic E-state index is 0. The van der Waals surface area contributed by atoms with Crippen LogP contribution < -0.4 is 10.6 Å². The van der Waals surface area contributed by atoms with Crippen LogP contribution in [0.4, 0.5) is 5.69 Å². The van der Waals surface area contributed by atoms with Gasteiger partial charge in [0, 0.05) is 31.7 Å². The van der Waals surface area contributed by atoms with Gasteiger partial charge in [0.1, 0.15) is 0 Å². The lowest BCUT2D eigenvalue weighted by atomic mass is 10.0. The molecule has 0 spiro atoms. The van der Waals surface area contributed by atoms with Crippen molar-refractivity contribution in [3.05, 3.63) is 24.3 Å². The highest BCUT2D eigenvalue weighted by Gasteiger charge is 2.26. The van der Waals surface area contributed by atoms with Crippen molar-refractivity contribution in [2.45, 2.75) is 30.6 Å². The van der Waals surface area contributed by atoms with Crippen LogP contribution in [0.25, 0.3) is 0 Å². The number of halogens is 2. The maximum atomic E-state index is 13.0. The van der Waals surface area contributed by atoms with Crippen molar-refractivity contribution in [1.29, 1.82) is 0 Å². The van der Waals surface area contributed by atoms with Gasteiger partial charge < -0.3 is 15.5 Å². The Morgan fingerprint density at radius 2 is 2.00 bits per heavy atom. The van der Waals surface area contributed by atoms with Crippen molar-refractivity contribution < 1.29 is 13.2 Å². The summed E-state index contributed by atoms with van der Waals surface area (Å²) in [7, 11) is -1.54. The third kappa shape index (κ3) is 7.38. The molecule has 29 heavy (non-hydrogen) atoms. The van der Waals surface area contributed by atoms with E-state index < -0.39 is 10.0 Å². The molecule has 166 valence electrons. The molecule has 0 aliphatic carbocycles. The van der Waals surface area contributed by atoms with Crippen molar-refractivity contribution in [2.24, 2.45) is 5.92 Å². The molecule has 2 aliphatic heterocycles. The second-order valence-corrected chi connectivity index (χ2v) is 9.47. The van der Waals surface area contributed by atoms with Crippen molar-refractivity contribution >= 4 is 46.4 Å². The highest BCUT2D eigenvalue weighted by molar-refractivity contribution is 7.89. The normalized spacial score (nSPS) is 20.9. The Kier molecular flexibility index (Phi) is 10.9. The number of hydrogen-bond donors (Lipinski definition) is 2. The van der Waals surface area contributed by atoms with Crippen LogP contribution in [0.5, 0.6) is 0 Å². The number of carbonyl (C=O) groups excluding carboxylic acids is 1. The minimum atomic E-state index is -3.55. The summed E-state index contributed by atoms with van der Waals surface area (Å²) in [5.41, 5.74) is 0.539. The van der Waals surface area contributed by atoms with E-state index in [1.807, 2.05) is 7.05 Å². The molecule has 3 rings (SSSR count). The van der Waals surface area contributed by atoms with Crippen LogP contribution in [-0.2, 0) is 14.8 Å². The fraction of sp³-hybridized carbons (Fsp3) is 0.632. The molecule has 2 N–H and O–H groups in total. The van der Waals surface area contributed by atoms with Gasteiger partial charge in [-0.25, -0.2) is 8.42 Å². The van der Waals surface area contributed by atoms with Gasteiger partial charge in [0.25, 0.3) is 0 Å². The maximum absolute atomic E-state index is 13.0. The zero-order valence-electron chi connectivity index (χ0n) is 16.8. The number of likely N-dealkylation sites (N-methyl/N-ethyl adjacent to an activating group) is 1. The fourth-order valence-electron chi connectivity index (χ4n) is 3.67. The molecule has 0 aromatic heterocycles. The van der Waals surface area contributed by atoms with Crippen molar-refractivity contribution in [2.75, 3.05) is 51.6 Å². The number of sulfonamides is 1. The van der Waals surface area contributed by atoms with Gasteiger partial charge in [0.15, 0.2) is 0 Å². The van der Waals surface area contributed by atoms with E-state index in [1.165, 1.54) is 0 Å². The van der Waals surface area contributed by atoms with Crippen molar-refractivity contribution in [3.63, 3.8) is 0 Å². The zero-order valence-corrected chi connectivity index (χ0v) is 19.3. The van der Waals surface area contributed by atoms with Gasteiger partial charge in [-0.05, 0) is 70.1 Å². The monoisotopic (exact) mass is 466 g/mol. The summed E-state index contributed by atoms with van der Waals surface area (Å²) < 4.78 is 27.5. The molecule has 1 unspecified atom stereocenters. The number of nitrogens with one attached hydrogen (secondary N) is 2.